The van der Waals surface area contributed by atoms with E-state index in [0.29, 0.717) is 18.8 Å². The molecule has 0 amide bonds. The van der Waals surface area contributed by atoms with Crippen LogP contribution < -0.4 is 15.0 Å². The monoisotopic (exact) mass is 400 g/mol. The molecule has 8 nitrogen and oxygen atoms in total. The molecule has 0 aromatic carbocycles. The number of morpholine rings is 1. The fourth-order valence-electron chi connectivity index (χ4n) is 4.10. The largest absolute Gasteiger partial charge is 0.481 e. The van der Waals surface area contributed by atoms with Gasteiger partial charge in [-0.3, -0.25) is 0 Å². The molecule has 1 aliphatic carbocycles. The summed E-state index contributed by atoms with van der Waals surface area (Å²) in [6.07, 6.45) is 2.52. The lowest BCUT2D eigenvalue weighted by atomic mass is 9.94. The highest BCUT2D eigenvalue weighted by Gasteiger charge is 2.42. The Morgan fingerprint density at radius 3 is 2.62 bits per heavy atom. The van der Waals surface area contributed by atoms with Crippen molar-refractivity contribution in [1.29, 1.82) is 0 Å². The average Bonchev–Trinajstić information content (AvgIpc) is 3.07. The maximum atomic E-state index is 10.5. The van der Waals surface area contributed by atoms with Gasteiger partial charge >= 0.3 is 0 Å². The number of rotatable bonds is 6. The minimum absolute atomic E-state index is 0.0163. The van der Waals surface area contributed by atoms with Gasteiger partial charge in [0.15, 0.2) is 0 Å². The van der Waals surface area contributed by atoms with Crippen LogP contribution in [0.1, 0.15) is 23.5 Å². The maximum Gasteiger partial charge on any atom is 0.212 e. The number of anilines is 1. The van der Waals surface area contributed by atoms with Gasteiger partial charge in [0.1, 0.15) is 5.82 Å². The summed E-state index contributed by atoms with van der Waals surface area (Å²) in [5, 5.41) is 24.2. The van der Waals surface area contributed by atoms with E-state index in [2.05, 4.69) is 26.3 Å². The molecule has 156 valence electrons. The lowest BCUT2D eigenvalue weighted by Crippen LogP contribution is -2.42. The molecule has 2 aliphatic rings. The zero-order valence-electron chi connectivity index (χ0n) is 16.6. The molecule has 0 radical (unpaired) electrons. The Morgan fingerprint density at radius 2 is 1.97 bits per heavy atom. The van der Waals surface area contributed by atoms with E-state index in [1.165, 1.54) is 0 Å². The molecule has 1 saturated heterocycles. The first-order chi connectivity index (χ1) is 14.2. The number of nitrogens with one attached hydrogen (secondary N) is 1. The predicted molar refractivity (Wildman–Crippen MR) is 108 cm³/mol. The first-order valence-electron chi connectivity index (χ1n) is 10.0. The zero-order valence-corrected chi connectivity index (χ0v) is 16.6. The van der Waals surface area contributed by atoms with Gasteiger partial charge in [-0.15, -0.1) is 0 Å². The van der Waals surface area contributed by atoms with Crippen molar-refractivity contribution >= 4 is 5.82 Å². The van der Waals surface area contributed by atoms with E-state index >= 15 is 0 Å². The molecule has 4 unspecified atom stereocenters. The van der Waals surface area contributed by atoms with Gasteiger partial charge in [0, 0.05) is 50.1 Å². The summed E-state index contributed by atoms with van der Waals surface area (Å²) in [4.78, 5) is 11.0. The van der Waals surface area contributed by atoms with Gasteiger partial charge in [-0.2, -0.15) is 0 Å². The van der Waals surface area contributed by atoms with E-state index in [0.717, 1.165) is 43.2 Å². The Morgan fingerprint density at radius 1 is 1.14 bits per heavy atom. The van der Waals surface area contributed by atoms with Gasteiger partial charge in [-0.05, 0) is 23.6 Å². The van der Waals surface area contributed by atoms with Gasteiger partial charge < -0.3 is 29.9 Å². The van der Waals surface area contributed by atoms with Crippen LogP contribution in [0.3, 0.4) is 0 Å². The third-order valence-electron chi connectivity index (χ3n) is 5.77. The number of methoxy groups -OCH3 is 1. The number of aliphatic hydroxyl groups excluding tert-OH is 2. The molecule has 1 aliphatic heterocycles. The molecule has 29 heavy (non-hydrogen) atoms. The Labute approximate surface area is 170 Å². The summed E-state index contributed by atoms with van der Waals surface area (Å²) < 4.78 is 10.5. The van der Waals surface area contributed by atoms with Crippen LogP contribution in [0.15, 0.2) is 36.7 Å². The standard InChI is InChI=1S/C21H28N4O4/c1-28-19-5-2-14(11-23-19)12-24-20-16(10-17(26)21(20)27)15-3-4-18(22-13-15)25-6-8-29-9-7-25/h2-5,11,13,16-17,20-21,24,26-27H,6-10,12H2,1H3. The smallest absolute Gasteiger partial charge is 0.212 e. The number of ether oxygens (including phenoxy) is 2. The van der Waals surface area contributed by atoms with Gasteiger partial charge in [-0.1, -0.05) is 12.1 Å². The van der Waals surface area contributed by atoms with Crippen LogP contribution >= 0.6 is 0 Å². The molecular formula is C21H28N4O4. The SMILES string of the molecule is COc1ccc(CNC2C(c3ccc(N4CCOCC4)nc3)CC(O)C2O)cn1. The molecule has 1 saturated carbocycles. The summed E-state index contributed by atoms with van der Waals surface area (Å²) in [5.74, 6) is 1.48. The van der Waals surface area contributed by atoms with Gasteiger partial charge in [-0.25, -0.2) is 9.97 Å². The van der Waals surface area contributed by atoms with Crippen molar-refractivity contribution < 1.29 is 19.7 Å². The lowest BCUT2D eigenvalue weighted by Gasteiger charge is -2.28. The molecule has 2 fully saturated rings. The minimum Gasteiger partial charge on any atom is -0.481 e. The van der Waals surface area contributed by atoms with E-state index in [1.807, 2.05) is 24.4 Å². The summed E-state index contributed by atoms with van der Waals surface area (Å²) in [6, 6.07) is 7.55. The second kappa shape index (κ2) is 9.04. The zero-order chi connectivity index (χ0) is 20.2. The maximum absolute atomic E-state index is 10.5. The number of aromatic nitrogens is 2. The second-order valence-electron chi connectivity index (χ2n) is 7.56. The summed E-state index contributed by atoms with van der Waals surface area (Å²) in [6.45, 7) is 3.66. The molecular weight excluding hydrogens is 372 g/mol. The highest BCUT2D eigenvalue weighted by atomic mass is 16.5. The van der Waals surface area contributed by atoms with E-state index in [1.54, 1.807) is 13.3 Å². The topological polar surface area (TPSA) is 100.0 Å². The van der Waals surface area contributed by atoms with Crippen LogP contribution in [0.4, 0.5) is 5.82 Å². The van der Waals surface area contributed by atoms with Crippen LogP contribution in [0.5, 0.6) is 5.88 Å². The number of nitrogens with zero attached hydrogens (tertiary/aromatic N) is 3. The van der Waals surface area contributed by atoms with Crippen molar-refractivity contribution in [3.8, 4) is 5.88 Å². The quantitative estimate of drug-likeness (QED) is 0.651. The van der Waals surface area contributed by atoms with Crippen LogP contribution in [0, 0.1) is 0 Å². The third-order valence-corrected chi connectivity index (χ3v) is 5.77. The second-order valence-corrected chi connectivity index (χ2v) is 7.56. The first-order valence-corrected chi connectivity index (χ1v) is 10.0. The number of pyridine rings is 2. The van der Waals surface area contributed by atoms with Crippen molar-refractivity contribution in [1.82, 2.24) is 15.3 Å². The third kappa shape index (κ3) is 4.51. The predicted octanol–water partition coefficient (Wildman–Crippen LogP) is 0.689. The molecule has 0 spiro atoms. The number of hydrogen-bond donors (Lipinski definition) is 3. The average molecular weight is 400 g/mol. The van der Waals surface area contributed by atoms with Crippen LogP contribution in [0.25, 0.3) is 0 Å². The Balaban J connectivity index is 1.44. The number of hydrogen-bond acceptors (Lipinski definition) is 8. The van der Waals surface area contributed by atoms with Crippen molar-refractivity contribution in [2.24, 2.45) is 0 Å². The molecule has 4 rings (SSSR count). The molecule has 3 N–H and O–H groups in total. The van der Waals surface area contributed by atoms with Crippen molar-refractivity contribution in [3.05, 3.63) is 47.8 Å². The van der Waals surface area contributed by atoms with E-state index in [9.17, 15) is 10.2 Å². The molecule has 2 aromatic heterocycles. The molecule has 0 bridgehead atoms. The molecule has 4 atom stereocenters. The summed E-state index contributed by atoms with van der Waals surface area (Å²) in [5.41, 5.74) is 2.00. The Bertz CT molecular complexity index is 780. The fraction of sp³-hybridized carbons (Fsp3) is 0.524. The Kier molecular flexibility index (Phi) is 6.25. The van der Waals surface area contributed by atoms with Crippen molar-refractivity contribution in [2.75, 3.05) is 38.3 Å². The van der Waals surface area contributed by atoms with E-state index < -0.39 is 12.2 Å². The summed E-state index contributed by atoms with van der Waals surface area (Å²) in [7, 11) is 1.58. The molecule has 3 heterocycles. The highest BCUT2D eigenvalue weighted by Crippen LogP contribution is 2.35. The van der Waals surface area contributed by atoms with Crippen LogP contribution in [-0.4, -0.2) is 71.8 Å². The van der Waals surface area contributed by atoms with Crippen LogP contribution in [-0.2, 0) is 11.3 Å². The molecule has 2 aromatic rings. The van der Waals surface area contributed by atoms with Gasteiger partial charge in [0.2, 0.25) is 5.88 Å². The minimum atomic E-state index is -0.829. The summed E-state index contributed by atoms with van der Waals surface area (Å²) >= 11 is 0. The highest BCUT2D eigenvalue weighted by molar-refractivity contribution is 5.41. The first kappa shape index (κ1) is 20.0. The van der Waals surface area contributed by atoms with Crippen molar-refractivity contribution in [3.63, 3.8) is 0 Å². The van der Waals surface area contributed by atoms with Gasteiger partial charge in [0.25, 0.3) is 0 Å². The van der Waals surface area contributed by atoms with Crippen molar-refractivity contribution in [2.45, 2.75) is 37.1 Å². The lowest BCUT2D eigenvalue weighted by molar-refractivity contribution is 0.0297. The van der Waals surface area contributed by atoms with Gasteiger partial charge in [0.05, 0.1) is 32.5 Å². The Hall–Kier alpha value is -2.26. The van der Waals surface area contributed by atoms with E-state index in [4.69, 9.17) is 9.47 Å². The number of aliphatic hydroxyl groups is 2. The molecule has 8 heteroatoms. The normalized spacial score (nSPS) is 27.2. The van der Waals surface area contributed by atoms with E-state index in [-0.39, 0.29) is 12.0 Å². The fourth-order valence-corrected chi connectivity index (χ4v) is 4.10. The van der Waals surface area contributed by atoms with Crippen LogP contribution in [0.2, 0.25) is 0 Å².